The molecule has 1 aromatic rings. The zero-order chi connectivity index (χ0) is 10.8. The highest BCUT2D eigenvalue weighted by Crippen LogP contribution is 2.23. The number of rotatable bonds is 3. The van der Waals surface area contributed by atoms with Crippen molar-refractivity contribution in [2.75, 3.05) is 12.4 Å². The average Bonchev–Trinajstić information content (AvgIpc) is 1.99. The minimum absolute atomic E-state index is 0.000849. The first-order chi connectivity index (χ1) is 6.40. The van der Waals surface area contributed by atoms with Crippen LogP contribution >= 0.6 is 23.2 Å². The molecule has 0 bridgehead atoms. The fourth-order valence-corrected chi connectivity index (χ4v) is 0.814. The molecule has 0 radical (unpaired) electrons. The summed E-state index contributed by atoms with van der Waals surface area (Å²) in [6, 6.07) is -0.658. The SMILES string of the molecule is CNc1nc(Cl)nc(OC(F)(F)Cl)n1. The molecule has 5 nitrogen and oxygen atoms in total. The lowest BCUT2D eigenvalue weighted by Crippen LogP contribution is -2.18. The Hall–Kier alpha value is -0.950. The van der Waals surface area contributed by atoms with Gasteiger partial charge in [-0.15, -0.1) is 8.78 Å². The first kappa shape index (κ1) is 11.1. The molecule has 78 valence electrons. The van der Waals surface area contributed by atoms with Crippen molar-refractivity contribution < 1.29 is 13.5 Å². The third kappa shape index (κ3) is 3.43. The number of aromatic nitrogens is 3. The topological polar surface area (TPSA) is 59.9 Å². The van der Waals surface area contributed by atoms with Gasteiger partial charge < -0.3 is 10.1 Å². The average molecular weight is 245 g/mol. The summed E-state index contributed by atoms with van der Waals surface area (Å²) in [5.41, 5.74) is -3.88. The second-order valence-electron chi connectivity index (χ2n) is 2.01. The third-order valence-corrected chi connectivity index (χ3v) is 1.26. The number of alkyl halides is 3. The molecule has 0 saturated carbocycles. The molecule has 1 aromatic heterocycles. The Morgan fingerprint density at radius 2 is 2.00 bits per heavy atom. The predicted molar refractivity (Wildman–Crippen MR) is 45.8 cm³/mol. The molecule has 0 saturated heterocycles. The minimum Gasteiger partial charge on any atom is -0.385 e. The Balaban J connectivity index is 2.92. The van der Waals surface area contributed by atoms with Gasteiger partial charge in [-0.1, -0.05) is 0 Å². The molecule has 0 amide bonds. The van der Waals surface area contributed by atoms with E-state index < -0.39 is 11.6 Å². The summed E-state index contributed by atoms with van der Waals surface area (Å²) >= 11 is 9.88. The first-order valence-electron chi connectivity index (χ1n) is 3.26. The molecular formula is C5H4Cl2F2N4O. The van der Waals surface area contributed by atoms with E-state index in [-0.39, 0.29) is 11.2 Å². The van der Waals surface area contributed by atoms with E-state index in [1.807, 2.05) is 0 Å². The number of nitrogens with one attached hydrogen (secondary N) is 1. The van der Waals surface area contributed by atoms with Crippen molar-refractivity contribution in [3.63, 3.8) is 0 Å². The Morgan fingerprint density at radius 1 is 1.36 bits per heavy atom. The molecule has 0 spiro atoms. The molecule has 1 heterocycles. The maximum Gasteiger partial charge on any atom is 0.489 e. The quantitative estimate of drug-likeness (QED) is 0.821. The van der Waals surface area contributed by atoms with Gasteiger partial charge in [0.2, 0.25) is 11.2 Å². The lowest BCUT2D eigenvalue weighted by molar-refractivity contribution is -0.102. The van der Waals surface area contributed by atoms with Gasteiger partial charge in [0.25, 0.3) is 0 Å². The number of ether oxygens (including phenoxy) is 1. The zero-order valence-electron chi connectivity index (χ0n) is 6.76. The van der Waals surface area contributed by atoms with E-state index in [0.29, 0.717) is 0 Å². The molecule has 0 atom stereocenters. The first-order valence-corrected chi connectivity index (χ1v) is 4.01. The van der Waals surface area contributed by atoms with Crippen LogP contribution in [-0.2, 0) is 0 Å². The fraction of sp³-hybridized carbons (Fsp3) is 0.400. The van der Waals surface area contributed by atoms with E-state index >= 15 is 0 Å². The molecule has 0 aromatic carbocycles. The van der Waals surface area contributed by atoms with E-state index in [1.54, 1.807) is 0 Å². The second kappa shape index (κ2) is 4.05. The van der Waals surface area contributed by atoms with Gasteiger partial charge >= 0.3 is 11.6 Å². The molecule has 0 aliphatic heterocycles. The van der Waals surface area contributed by atoms with Crippen molar-refractivity contribution in [2.24, 2.45) is 0 Å². The molecule has 0 aliphatic carbocycles. The maximum absolute atomic E-state index is 12.2. The lowest BCUT2D eigenvalue weighted by Gasteiger charge is -2.08. The second-order valence-corrected chi connectivity index (χ2v) is 2.79. The largest absolute Gasteiger partial charge is 0.489 e. The van der Waals surface area contributed by atoms with Crippen LogP contribution in [0.25, 0.3) is 0 Å². The number of nitrogens with zero attached hydrogens (tertiary/aromatic N) is 3. The van der Waals surface area contributed by atoms with Crippen molar-refractivity contribution in [1.82, 2.24) is 15.0 Å². The number of halogens is 4. The van der Waals surface area contributed by atoms with E-state index in [4.69, 9.17) is 11.6 Å². The molecule has 1 rings (SSSR count). The van der Waals surface area contributed by atoms with Crippen LogP contribution < -0.4 is 10.1 Å². The summed E-state index contributed by atoms with van der Waals surface area (Å²) in [5.74, 6) is 0.000849. The van der Waals surface area contributed by atoms with Crippen molar-refractivity contribution in [2.45, 2.75) is 5.57 Å². The molecular weight excluding hydrogens is 241 g/mol. The Labute approximate surface area is 87.4 Å². The summed E-state index contributed by atoms with van der Waals surface area (Å²) in [6.45, 7) is 0. The van der Waals surface area contributed by atoms with Crippen LogP contribution in [0.2, 0.25) is 5.28 Å². The van der Waals surface area contributed by atoms with Gasteiger partial charge in [0.1, 0.15) is 0 Å². The highest BCUT2D eigenvalue weighted by Gasteiger charge is 2.29. The van der Waals surface area contributed by atoms with Crippen LogP contribution in [0, 0.1) is 0 Å². The van der Waals surface area contributed by atoms with E-state index in [2.05, 4.69) is 36.6 Å². The summed E-state index contributed by atoms with van der Waals surface area (Å²) in [5, 5.41) is 2.20. The van der Waals surface area contributed by atoms with Gasteiger partial charge in [0.05, 0.1) is 0 Å². The van der Waals surface area contributed by atoms with Crippen molar-refractivity contribution in [1.29, 1.82) is 0 Å². The molecule has 9 heteroatoms. The van der Waals surface area contributed by atoms with Crippen molar-refractivity contribution >= 4 is 29.2 Å². The van der Waals surface area contributed by atoms with Crippen LogP contribution in [0.4, 0.5) is 14.7 Å². The van der Waals surface area contributed by atoms with E-state index in [9.17, 15) is 8.78 Å². The predicted octanol–water partition coefficient (Wildman–Crippen LogP) is 1.73. The molecule has 1 N–H and O–H groups in total. The van der Waals surface area contributed by atoms with Crippen molar-refractivity contribution in [3.05, 3.63) is 5.28 Å². The summed E-state index contributed by atoms with van der Waals surface area (Å²) in [4.78, 5) is 10.3. The molecule has 0 fully saturated rings. The molecule has 14 heavy (non-hydrogen) atoms. The fourth-order valence-electron chi connectivity index (χ4n) is 0.593. The lowest BCUT2D eigenvalue weighted by atomic mass is 10.9. The van der Waals surface area contributed by atoms with Gasteiger partial charge in [0, 0.05) is 18.6 Å². The van der Waals surface area contributed by atoms with Gasteiger partial charge in [-0.3, -0.25) is 0 Å². The smallest absolute Gasteiger partial charge is 0.385 e. The highest BCUT2D eigenvalue weighted by atomic mass is 35.5. The van der Waals surface area contributed by atoms with Crippen LogP contribution in [-0.4, -0.2) is 27.6 Å². The number of hydrogen-bond acceptors (Lipinski definition) is 5. The third-order valence-electron chi connectivity index (χ3n) is 1.02. The van der Waals surface area contributed by atoms with Gasteiger partial charge in [-0.05, 0) is 11.6 Å². The van der Waals surface area contributed by atoms with Crippen LogP contribution in [0.3, 0.4) is 0 Å². The van der Waals surface area contributed by atoms with Crippen LogP contribution in [0.1, 0.15) is 0 Å². The summed E-state index contributed by atoms with van der Waals surface area (Å²) in [7, 11) is 1.48. The minimum atomic E-state index is -3.88. The van der Waals surface area contributed by atoms with Crippen molar-refractivity contribution in [3.8, 4) is 6.01 Å². The Kier molecular flexibility index (Phi) is 3.22. The monoisotopic (exact) mass is 244 g/mol. The summed E-state index contributed by atoms with van der Waals surface area (Å²) in [6.07, 6.45) is 0. The molecule has 0 aliphatic rings. The summed E-state index contributed by atoms with van der Waals surface area (Å²) < 4.78 is 28.2. The van der Waals surface area contributed by atoms with E-state index in [0.717, 1.165) is 0 Å². The standard InChI is InChI=1S/C5H4Cl2F2N4O/c1-10-3-11-2(6)12-4(13-3)14-5(7,8)9/h1H3,(H,10,11,12,13). The normalized spacial score (nSPS) is 11.2. The highest BCUT2D eigenvalue weighted by molar-refractivity contribution is 6.28. The van der Waals surface area contributed by atoms with Gasteiger partial charge in [0.15, 0.2) is 0 Å². The molecule has 0 unspecified atom stereocenters. The Morgan fingerprint density at radius 3 is 2.50 bits per heavy atom. The number of hydrogen-bond donors (Lipinski definition) is 1. The van der Waals surface area contributed by atoms with E-state index in [1.165, 1.54) is 7.05 Å². The number of anilines is 1. The van der Waals surface area contributed by atoms with Crippen LogP contribution in [0.15, 0.2) is 0 Å². The zero-order valence-corrected chi connectivity index (χ0v) is 8.27. The van der Waals surface area contributed by atoms with Gasteiger partial charge in [-0.2, -0.15) is 15.0 Å². The Bertz CT molecular complexity index is 332. The van der Waals surface area contributed by atoms with Gasteiger partial charge in [-0.25, -0.2) is 0 Å². The maximum atomic E-state index is 12.2. The van der Waals surface area contributed by atoms with Crippen LogP contribution in [0.5, 0.6) is 6.01 Å².